The summed E-state index contributed by atoms with van der Waals surface area (Å²) in [6, 6.07) is 23.4. The van der Waals surface area contributed by atoms with Gasteiger partial charge in [0.15, 0.2) is 0 Å². The summed E-state index contributed by atoms with van der Waals surface area (Å²) in [5.41, 5.74) is 2.73. The van der Waals surface area contributed by atoms with Crippen molar-refractivity contribution in [2.24, 2.45) is 0 Å². The minimum Gasteiger partial charge on any atom is -0.323 e. The topological polar surface area (TPSA) is 60.0 Å². The third kappa shape index (κ3) is 4.85. The molecule has 35 heavy (non-hydrogen) atoms. The summed E-state index contributed by atoms with van der Waals surface area (Å²) in [5, 5.41) is 0. The first-order chi connectivity index (χ1) is 17.1. The number of rotatable bonds is 4. The Morgan fingerprint density at radius 3 is 1.91 bits per heavy atom. The molecule has 0 aliphatic carbocycles. The van der Waals surface area contributed by atoms with Gasteiger partial charge in [0.25, 0.3) is 0 Å². The number of benzene rings is 2. The minimum absolute atomic E-state index is 0.0206. The Morgan fingerprint density at radius 2 is 1.37 bits per heavy atom. The first-order valence-electron chi connectivity index (χ1n) is 12.2. The zero-order valence-electron chi connectivity index (χ0n) is 20.0. The van der Waals surface area contributed by atoms with Gasteiger partial charge in [-0.05, 0) is 61.2 Å². The molecule has 3 heterocycles. The number of carbonyl (C=O) groups is 2. The first-order valence-corrected chi connectivity index (χ1v) is 12.2. The van der Waals surface area contributed by atoms with E-state index in [0.29, 0.717) is 19.6 Å². The zero-order valence-corrected chi connectivity index (χ0v) is 20.0. The van der Waals surface area contributed by atoms with E-state index in [2.05, 4.69) is 4.98 Å². The highest BCUT2D eigenvalue weighted by Crippen LogP contribution is 2.33. The maximum Gasteiger partial charge on any atom is 0.329 e. The van der Waals surface area contributed by atoms with Gasteiger partial charge in [-0.3, -0.25) is 9.88 Å². The van der Waals surface area contributed by atoms with E-state index in [1.807, 2.05) is 89.6 Å². The van der Waals surface area contributed by atoms with Crippen LogP contribution in [0.25, 0.3) is 0 Å². The lowest BCUT2D eigenvalue weighted by Crippen LogP contribution is -2.66. The molecular formula is C28H31N5O2. The molecule has 2 aliphatic heterocycles. The van der Waals surface area contributed by atoms with Gasteiger partial charge in [0, 0.05) is 39.1 Å². The molecule has 3 aromatic rings. The number of pyridine rings is 1. The van der Waals surface area contributed by atoms with E-state index in [0.717, 1.165) is 36.2 Å². The number of hydrogen-bond acceptors (Lipinski definition) is 3. The average molecular weight is 470 g/mol. The molecule has 2 bridgehead atoms. The third-order valence-corrected chi connectivity index (χ3v) is 6.93. The molecule has 0 saturated carbocycles. The van der Waals surface area contributed by atoms with Crippen LogP contribution in [0.2, 0.25) is 0 Å². The number of fused-ring (bicyclic) bond motifs is 2. The lowest BCUT2D eigenvalue weighted by molar-refractivity contribution is 0.0237. The number of urea groups is 2. The largest absolute Gasteiger partial charge is 0.329 e. The number of para-hydroxylation sites is 2. The summed E-state index contributed by atoms with van der Waals surface area (Å²) in [6.07, 6.45) is 6.39. The highest BCUT2D eigenvalue weighted by molar-refractivity contribution is 5.99. The summed E-state index contributed by atoms with van der Waals surface area (Å²) >= 11 is 0. The number of likely N-dealkylation sites (tertiary alicyclic amines) is 1. The maximum absolute atomic E-state index is 13.9. The third-order valence-electron chi connectivity index (χ3n) is 6.93. The molecule has 2 saturated heterocycles. The second kappa shape index (κ2) is 10.2. The van der Waals surface area contributed by atoms with Crippen molar-refractivity contribution in [2.45, 2.75) is 37.9 Å². The monoisotopic (exact) mass is 469 g/mol. The van der Waals surface area contributed by atoms with Crippen LogP contribution in [0.1, 0.15) is 24.8 Å². The molecule has 5 rings (SSSR count). The molecule has 0 N–H and O–H groups in total. The van der Waals surface area contributed by atoms with E-state index in [4.69, 9.17) is 0 Å². The van der Waals surface area contributed by atoms with Crippen molar-refractivity contribution >= 4 is 23.4 Å². The molecule has 7 heteroatoms. The van der Waals surface area contributed by atoms with Gasteiger partial charge in [-0.2, -0.15) is 0 Å². The average Bonchev–Trinajstić information content (AvgIpc) is 2.89. The van der Waals surface area contributed by atoms with Gasteiger partial charge in [0.1, 0.15) is 0 Å². The number of amides is 4. The Morgan fingerprint density at radius 1 is 0.829 bits per heavy atom. The van der Waals surface area contributed by atoms with Crippen molar-refractivity contribution in [1.82, 2.24) is 19.7 Å². The number of piperazine rings is 1. The SMILES string of the molecule is CN(Cc1ccncc1)C(=O)N1[C@@H]2CCC[C@H]1CN(C(=O)N(c1ccccc1)c1ccccc1)C2. The van der Waals surface area contributed by atoms with Crippen molar-refractivity contribution in [2.75, 3.05) is 25.0 Å². The standard InChI is InChI=1S/C28H31N5O2/c1-30(19-22-15-17-29-18-16-22)27(34)33-25-13-8-14-26(33)21-31(20-25)28(35)32(23-9-4-2-5-10-23)24-11-6-3-7-12-24/h2-7,9-12,15-18,25-26H,8,13-14,19-21H2,1H3/t25-,26+. The van der Waals surface area contributed by atoms with E-state index in [-0.39, 0.29) is 24.1 Å². The number of carbonyl (C=O) groups excluding carboxylic acids is 2. The molecule has 4 amide bonds. The minimum atomic E-state index is -0.0449. The highest BCUT2D eigenvalue weighted by Gasteiger charge is 2.43. The Kier molecular flexibility index (Phi) is 6.66. The smallest absolute Gasteiger partial charge is 0.323 e. The van der Waals surface area contributed by atoms with E-state index in [1.165, 1.54) is 0 Å². The Balaban J connectivity index is 1.35. The van der Waals surface area contributed by atoms with Gasteiger partial charge in [-0.25, -0.2) is 9.59 Å². The molecule has 1 aromatic heterocycles. The lowest BCUT2D eigenvalue weighted by atomic mass is 9.91. The Hall–Kier alpha value is -3.87. The number of piperidine rings is 1. The van der Waals surface area contributed by atoms with E-state index in [1.54, 1.807) is 22.2 Å². The van der Waals surface area contributed by atoms with Crippen molar-refractivity contribution in [3.8, 4) is 0 Å². The number of anilines is 2. The van der Waals surface area contributed by atoms with Crippen LogP contribution in [0.3, 0.4) is 0 Å². The molecule has 0 unspecified atom stereocenters. The fraction of sp³-hybridized carbons (Fsp3) is 0.321. The molecule has 0 radical (unpaired) electrons. The van der Waals surface area contributed by atoms with Crippen LogP contribution in [0.4, 0.5) is 21.0 Å². The van der Waals surface area contributed by atoms with E-state index in [9.17, 15) is 9.59 Å². The molecule has 2 fully saturated rings. The molecule has 2 aromatic carbocycles. The quantitative estimate of drug-likeness (QED) is 0.532. The summed E-state index contributed by atoms with van der Waals surface area (Å²) in [4.78, 5) is 39.0. The summed E-state index contributed by atoms with van der Waals surface area (Å²) in [6.45, 7) is 1.62. The zero-order chi connectivity index (χ0) is 24.2. The first kappa shape index (κ1) is 22.9. The molecule has 7 nitrogen and oxygen atoms in total. The summed E-state index contributed by atoms with van der Waals surface area (Å²) in [5.74, 6) is 0. The maximum atomic E-state index is 13.9. The number of aromatic nitrogens is 1. The number of hydrogen-bond donors (Lipinski definition) is 0. The van der Waals surface area contributed by atoms with Crippen molar-refractivity contribution < 1.29 is 9.59 Å². The normalized spacial score (nSPS) is 19.2. The summed E-state index contributed by atoms with van der Waals surface area (Å²) < 4.78 is 0. The van der Waals surface area contributed by atoms with Crippen LogP contribution in [0.5, 0.6) is 0 Å². The van der Waals surface area contributed by atoms with Crippen molar-refractivity contribution in [1.29, 1.82) is 0 Å². The predicted molar refractivity (Wildman–Crippen MR) is 136 cm³/mol. The van der Waals surface area contributed by atoms with E-state index < -0.39 is 0 Å². The van der Waals surface area contributed by atoms with Gasteiger partial charge >= 0.3 is 12.1 Å². The summed E-state index contributed by atoms with van der Waals surface area (Å²) in [7, 11) is 1.85. The molecule has 180 valence electrons. The lowest BCUT2D eigenvalue weighted by Gasteiger charge is -2.51. The predicted octanol–water partition coefficient (Wildman–Crippen LogP) is 5.13. The van der Waals surface area contributed by atoms with Crippen molar-refractivity contribution in [3.63, 3.8) is 0 Å². The van der Waals surface area contributed by atoms with Crippen LogP contribution < -0.4 is 4.90 Å². The second-order valence-electron chi connectivity index (χ2n) is 9.33. The molecule has 0 spiro atoms. The van der Waals surface area contributed by atoms with E-state index >= 15 is 0 Å². The van der Waals surface area contributed by atoms with Crippen LogP contribution in [-0.2, 0) is 6.54 Å². The highest BCUT2D eigenvalue weighted by atomic mass is 16.2. The van der Waals surface area contributed by atoms with Crippen LogP contribution in [0.15, 0.2) is 85.2 Å². The molecule has 2 aliphatic rings. The van der Waals surface area contributed by atoms with Crippen molar-refractivity contribution in [3.05, 3.63) is 90.8 Å². The van der Waals surface area contributed by atoms with Gasteiger partial charge in [-0.1, -0.05) is 36.4 Å². The van der Waals surface area contributed by atoms with Crippen LogP contribution in [-0.4, -0.2) is 64.0 Å². The fourth-order valence-corrected chi connectivity index (χ4v) is 5.27. The Labute approximate surface area is 206 Å². The fourth-order valence-electron chi connectivity index (χ4n) is 5.27. The van der Waals surface area contributed by atoms with Crippen LogP contribution >= 0.6 is 0 Å². The molecular weight excluding hydrogens is 438 g/mol. The number of nitrogens with zero attached hydrogens (tertiary/aromatic N) is 5. The van der Waals surface area contributed by atoms with Gasteiger partial charge < -0.3 is 14.7 Å². The molecule has 2 atom stereocenters. The van der Waals surface area contributed by atoms with Gasteiger partial charge in [0.05, 0.1) is 23.5 Å². The van der Waals surface area contributed by atoms with Crippen LogP contribution in [0, 0.1) is 0 Å². The Bertz CT molecular complexity index is 1090. The van der Waals surface area contributed by atoms with Gasteiger partial charge in [0.2, 0.25) is 0 Å². The van der Waals surface area contributed by atoms with Gasteiger partial charge in [-0.15, -0.1) is 0 Å². The second-order valence-corrected chi connectivity index (χ2v) is 9.33.